The van der Waals surface area contributed by atoms with E-state index >= 15 is 0 Å². The van der Waals surface area contributed by atoms with Gasteiger partial charge in [-0.3, -0.25) is 4.79 Å². The van der Waals surface area contributed by atoms with Crippen LogP contribution in [0.3, 0.4) is 0 Å². The Kier molecular flexibility index (Phi) is 4.32. The Hall–Kier alpha value is -3.59. The molecule has 4 heterocycles. The summed E-state index contributed by atoms with van der Waals surface area (Å²) in [4.78, 5) is 31.1. The van der Waals surface area contributed by atoms with Gasteiger partial charge in [-0.05, 0) is 18.6 Å². The fraction of sp³-hybridized carbons (Fsp3) is 0.190. The van der Waals surface area contributed by atoms with E-state index in [4.69, 9.17) is 4.98 Å². The largest absolute Gasteiger partial charge is 0.344 e. The highest BCUT2D eigenvalue weighted by Crippen LogP contribution is 2.33. The lowest BCUT2D eigenvalue weighted by Gasteiger charge is -2.14. The van der Waals surface area contributed by atoms with Gasteiger partial charge < -0.3 is 14.5 Å². The van der Waals surface area contributed by atoms with Gasteiger partial charge in [0.1, 0.15) is 26.6 Å². The van der Waals surface area contributed by atoms with Gasteiger partial charge in [-0.25, -0.2) is 19.9 Å². The first-order chi connectivity index (χ1) is 14.5. The van der Waals surface area contributed by atoms with Crippen LogP contribution in [0.15, 0.2) is 49.3 Å². The molecule has 4 aromatic heterocycles. The van der Waals surface area contributed by atoms with Crippen molar-refractivity contribution in [3.05, 3.63) is 60.6 Å². The van der Waals surface area contributed by atoms with E-state index in [1.54, 1.807) is 41.0 Å². The number of hydrogen-bond donors (Lipinski definition) is 1. The lowest BCUT2D eigenvalue weighted by Crippen LogP contribution is -2.26. The zero-order valence-electron chi connectivity index (χ0n) is 16.7. The first kappa shape index (κ1) is 18.4. The Labute approximate surface area is 176 Å². The molecule has 1 amide bonds. The summed E-state index contributed by atoms with van der Waals surface area (Å²) in [6, 6.07) is 7.89. The molecule has 0 unspecified atom stereocenters. The second kappa shape index (κ2) is 7.03. The first-order valence-electron chi connectivity index (χ1n) is 9.45. The van der Waals surface area contributed by atoms with Gasteiger partial charge in [-0.15, -0.1) is 0 Å². The second-order valence-corrected chi connectivity index (χ2v) is 8.24. The van der Waals surface area contributed by atoms with E-state index in [0.29, 0.717) is 5.69 Å². The Morgan fingerprint density at radius 3 is 2.83 bits per heavy atom. The number of nitrogens with one attached hydrogen (secondary N) is 1. The van der Waals surface area contributed by atoms with Crippen molar-refractivity contribution in [3.63, 3.8) is 0 Å². The molecule has 5 aromatic rings. The molecule has 8 nitrogen and oxygen atoms in total. The topological polar surface area (TPSA) is 90.5 Å². The van der Waals surface area contributed by atoms with Crippen LogP contribution in [-0.4, -0.2) is 35.0 Å². The molecule has 0 fully saturated rings. The summed E-state index contributed by atoms with van der Waals surface area (Å²) in [7, 11) is 3.79. The van der Waals surface area contributed by atoms with Crippen molar-refractivity contribution in [2.45, 2.75) is 13.0 Å². The molecule has 0 radical (unpaired) electrons. The molecular formula is C21H19N7OS. The highest BCUT2D eigenvalue weighted by atomic mass is 32.1. The number of pyridine rings is 1. The number of carbonyl (C=O) groups excluding carboxylic acids is 1. The molecule has 9 heteroatoms. The minimum absolute atomic E-state index is 0.171. The van der Waals surface area contributed by atoms with E-state index in [0.717, 1.165) is 37.5 Å². The molecule has 0 aliphatic heterocycles. The Morgan fingerprint density at radius 1 is 1.17 bits per heavy atom. The number of benzene rings is 1. The number of hydrogen-bond acceptors (Lipinski definition) is 6. The van der Waals surface area contributed by atoms with Crippen molar-refractivity contribution in [2.24, 2.45) is 14.1 Å². The van der Waals surface area contributed by atoms with Gasteiger partial charge in [0.2, 0.25) is 0 Å². The van der Waals surface area contributed by atoms with Crippen molar-refractivity contribution in [1.29, 1.82) is 0 Å². The predicted octanol–water partition coefficient (Wildman–Crippen LogP) is 3.47. The summed E-state index contributed by atoms with van der Waals surface area (Å²) in [5, 5.41) is 3.89. The van der Waals surface area contributed by atoms with Crippen LogP contribution in [0.25, 0.3) is 32.0 Å². The number of aromatic nitrogens is 6. The third kappa shape index (κ3) is 3.13. The van der Waals surface area contributed by atoms with Gasteiger partial charge in [-0.2, -0.15) is 0 Å². The van der Waals surface area contributed by atoms with E-state index in [-0.39, 0.29) is 11.9 Å². The van der Waals surface area contributed by atoms with Crippen molar-refractivity contribution in [2.75, 3.05) is 0 Å². The molecule has 0 bridgehead atoms. The monoisotopic (exact) mass is 417 g/mol. The van der Waals surface area contributed by atoms with E-state index in [1.165, 1.54) is 0 Å². The summed E-state index contributed by atoms with van der Waals surface area (Å²) in [6.07, 6.45) is 6.87. The summed E-state index contributed by atoms with van der Waals surface area (Å²) in [6.45, 7) is 1.96. The number of nitrogens with zero attached hydrogens (tertiary/aromatic N) is 6. The number of imidazole rings is 2. The quantitative estimate of drug-likeness (QED) is 0.484. The summed E-state index contributed by atoms with van der Waals surface area (Å²) in [5.74, 6) is -0.198. The maximum absolute atomic E-state index is 12.4. The molecule has 0 spiro atoms. The van der Waals surface area contributed by atoms with Gasteiger partial charge in [0.05, 0.1) is 30.4 Å². The van der Waals surface area contributed by atoms with Gasteiger partial charge in [0.15, 0.2) is 0 Å². The number of aryl methyl sites for hydroxylation is 2. The number of rotatable bonds is 4. The third-order valence-electron chi connectivity index (χ3n) is 5.02. The lowest BCUT2D eigenvalue weighted by atomic mass is 10.1. The van der Waals surface area contributed by atoms with E-state index in [9.17, 15) is 4.79 Å². The number of fused-ring (bicyclic) bond motifs is 3. The molecule has 5 rings (SSSR count). The highest BCUT2D eigenvalue weighted by molar-refractivity contribution is 7.21. The number of amides is 1. The van der Waals surface area contributed by atoms with Crippen LogP contribution in [-0.2, 0) is 14.1 Å². The minimum Gasteiger partial charge on any atom is -0.344 e. The maximum atomic E-state index is 12.4. The number of thiazole rings is 1. The summed E-state index contributed by atoms with van der Waals surface area (Å²) >= 11 is 1.55. The number of carbonyl (C=O) groups is 1. The Balaban J connectivity index is 1.46. The molecule has 0 aliphatic rings. The molecule has 1 N–H and O–H groups in total. The molecule has 1 aromatic carbocycles. The van der Waals surface area contributed by atoms with Gasteiger partial charge in [-0.1, -0.05) is 29.5 Å². The third-order valence-corrected chi connectivity index (χ3v) is 6.03. The van der Waals surface area contributed by atoms with Crippen molar-refractivity contribution >= 4 is 38.6 Å². The highest BCUT2D eigenvalue weighted by Gasteiger charge is 2.16. The average molecular weight is 417 g/mol. The van der Waals surface area contributed by atoms with Crippen LogP contribution in [0.4, 0.5) is 0 Å². The fourth-order valence-electron chi connectivity index (χ4n) is 3.45. The second-order valence-electron chi connectivity index (χ2n) is 7.27. The molecule has 150 valence electrons. The van der Waals surface area contributed by atoms with E-state index in [2.05, 4.69) is 26.3 Å². The van der Waals surface area contributed by atoms with E-state index in [1.807, 2.05) is 43.8 Å². The van der Waals surface area contributed by atoms with Crippen molar-refractivity contribution in [1.82, 2.24) is 34.4 Å². The van der Waals surface area contributed by atoms with Gasteiger partial charge in [0.25, 0.3) is 5.91 Å². The van der Waals surface area contributed by atoms with Crippen molar-refractivity contribution in [3.8, 4) is 10.6 Å². The smallest absolute Gasteiger partial charge is 0.271 e. The fourth-order valence-corrected chi connectivity index (χ4v) is 4.36. The van der Waals surface area contributed by atoms with Gasteiger partial charge >= 0.3 is 0 Å². The maximum Gasteiger partial charge on any atom is 0.271 e. The first-order valence-corrected chi connectivity index (χ1v) is 10.3. The van der Waals surface area contributed by atoms with Crippen LogP contribution in [0.5, 0.6) is 0 Å². The minimum atomic E-state index is -0.198. The SMILES string of the molecule is C[C@H](NC(=O)c1cn(C)cn1)c1cccc(-c2nc3c(ncc4ncn(C)c43)s2)c1. The zero-order valence-corrected chi connectivity index (χ0v) is 17.5. The zero-order chi connectivity index (χ0) is 20.8. The van der Waals surface area contributed by atoms with E-state index < -0.39 is 0 Å². The van der Waals surface area contributed by atoms with Crippen LogP contribution in [0, 0.1) is 0 Å². The molecule has 30 heavy (non-hydrogen) atoms. The average Bonchev–Trinajstić information content (AvgIpc) is 3.46. The van der Waals surface area contributed by atoms with Crippen LogP contribution in [0.2, 0.25) is 0 Å². The lowest BCUT2D eigenvalue weighted by molar-refractivity contribution is 0.0935. The van der Waals surface area contributed by atoms with Crippen LogP contribution < -0.4 is 5.32 Å². The van der Waals surface area contributed by atoms with Gasteiger partial charge in [0, 0.05) is 25.9 Å². The van der Waals surface area contributed by atoms with Crippen molar-refractivity contribution < 1.29 is 4.79 Å². The molecule has 0 saturated heterocycles. The predicted molar refractivity (Wildman–Crippen MR) is 116 cm³/mol. The molecule has 1 atom stereocenters. The Bertz CT molecular complexity index is 1400. The molecule has 0 aliphatic carbocycles. The van der Waals surface area contributed by atoms with Crippen LogP contribution in [0.1, 0.15) is 29.0 Å². The summed E-state index contributed by atoms with van der Waals surface area (Å²) in [5.41, 5.74) is 5.06. The Morgan fingerprint density at radius 2 is 2.03 bits per heavy atom. The normalized spacial score (nSPS) is 12.5. The molecule has 0 saturated carbocycles. The van der Waals surface area contributed by atoms with Crippen LogP contribution >= 0.6 is 11.3 Å². The summed E-state index contributed by atoms with van der Waals surface area (Å²) < 4.78 is 3.72. The molecular weight excluding hydrogens is 398 g/mol. The standard InChI is InChI=1S/C21H19N7OS/c1-12(25-19(29)16-9-27(2)10-23-16)13-5-4-6-14(7-13)20-26-17-18-15(24-11-28(18)3)8-22-21(17)30-20/h4-12H,1-3H3,(H,25,29)/t12-/m0/s1.